The number of hydrogen-bond acceptors (Lipinski definition) is 3. The molecule has 0 saturated heterocycles. The predicted molar refractivity (Wildman–Crippen MR) is 59.0 cm³/mol. The highest BCUT2D eigenvalue weighted by Gasteiger charge is 2.17. The molecule has 0 aliphatic rings. The Labute approximate surface area is 94.8 Å². The Morgan fingerprint density at radius 2 is 2.12 bits per heavy atom. The molecule has 0 spiro atoms. The highest BCUT2D eigenvalue weighted by Crippen LogP contribution is 2.30. The molecule has 1 atom stereocenters. The molecule has 0 aliphatic heterocycles. The molecule has 0 saturated carbocycles. The van der Waals surface area contributed by atoms with Gasteiger partial charge in [-0.3, -0.25) is 0 Å². The highest BCUT2D eigenvalue weighted by atomic mass is 19.1. The van der Waals surface area contributed by atoms with Crippen molar-refractivity contribution >= 4 is 0 Å². The SMILES string of the molecule is COCCCC(O)c1c(F)cccc1OC. The van der Waals surface area contributed by atoms with E-state index in [1.807, 2.05) is 0 Å². The van der Waals surface area contributed by atoms with Crippen molar-refractivity contribution in [3.05, 3.63) is 29.6 Å². The van der Waals surface area contributed by atoms with Crippen molar-refractivity contribution in [3.8, 4) is 5.75 Å². The summed E-state index contributed by atoms with van der Waals surface area (Å²) in [5.74, 6) is -0.0609. The molecule has 1 aromatic rings. The minimum Gasteiger partial charge on any atom is -0.496 e. The van der Waals surface area contributed by atoms with Crippen molar-refractivity contribution < 1.29 is 19.0 Å². The zero-order chi connectivity index (χ0) is 12.0. The number of aliphatic hydroxyl groups excluding tert-OH is 1. The molecule has 0 bridgehead atoms. The molecule has 1 aromatic carbocycles. The van der Waals surface area contributed by atoms with Crippen LogP contribution >= 0.6 is 0 Å². The smallest absolute Gasteiger partial charge is 0.132 e. The second-order valence-electron chi connectivity index (χ2n) is 3.51. The summed E-state index contributed by atoms with van der Waals surface area (Å²) in [6.45, 7) is 0.549. The van der Waals surface area contributed by atoms with E-state index in [2.05, 4.69) is 0 Å². The molecule has 16 heavy (non-hydrogen) atoms. The first-order valence-corrected chi connectivity index (χ1v) is 5.20. The number of aliphatic hydroxyl groups is 1. The summed E-state index contributed by atoms with van der Waals surface area (Å²) in [7, 11) is 3.05. The van der Waals surface area contributed by atoms with Crippen molar-refractivity contribution in [2.24, 2.45) is 0 Å². The summed E-state index contributed by atoms with van der Waals surface area (Å²) in [6, 6.07) is 4.51. The summed E-state index contributed by atoms with van der Waals surface area (Å²) >= 11 is 0. The molecule has 0 heterocycles. The fraction of sp³-hybridized carbons (Fsp3) is 0.500. The Hall–Kier alpha value is -1.13. The van der Waals surface area contributed by atoms with Crippen LogP contribution in [-0.2, 0) is 4.74 Å². The van der Waals surface area contributed by atoms with Gasteiger partial charge in [0.2, 0.25) is 0 Å². The van der Waals surface area contributed by atoms with Crippen molar-refractivity contribution in [1.82, 2.24) is 0 Å². The average molecular weight is 228 g/mol. The molecule has 3 nitrogen and oxygen atoms in total. The van der Waals surface area contributed by atoms with Crippen molar-refractivity contribution in [1.29, 1.82) is 0 Å². The fourth-order valence-corrected chi connectivity index (χ4v) is 1.58. The molecule has 90 valence electrons. The van der Waals surface area contributed by atoms with Crippen molar-refractivity contribution in [3.63, 3.8) is 0 Å². The Morgan fingerprint density at radius 3 is 2.75 bits per heavy atom. The number of methoxy groups -OCH3 is 2. The lowest BCUT2D eigenvalue weighted by Gasteiger charge is -2.15. The monoisotopic (exact) mass is 228 g/mol. The van der Waals surface area contributed by atoms with Crippen LogP contribution in [0, 0.1) is 5.82 Å². The molecule has 1 rings (SSSR count). The van der Waals surface area contributed by atoms with Gasteiger partial charge in [-0.15, -0.1) is 0 Å². The predicted octanol–water partition coefficient (Wildman–Crippen LogP) is 2.29. The summed E-state index contributed by atoms with van der Waals surface area (Å²) < 4.78 is 23.4. The Bertz CT molecular complexity index is 328. The second kappa shape index (κ2) is 6.45. The zero-order valence-electron chi connectivity index (χ0n) is 9.57. The fourth-order valence-electron chi connectivity index (χ4n) is 1.58. The Balaban J connectivity index is 2.76. The summed E-state index contributed by atoms with van der Waals surface area (Å²) in [4.78, 5) is 0. The molecule has 0 aliphatic carbocycles. The van der Waals surface area contributed by atoms with Crippen LogP contribution in [0.5, 0.6) is 5.75 Å². The maximum atomic E-state index is 13.5. The molecular formula is C12H17FO3. The van der Waals surface area contributed by atoms with Gasteiger partial charge in [-0.1, -0.05) is 6.07 Å². The third kappa shape index (κ3) is 3.18. The number of ether oxygens (including phenoxy) is 2. The van der Waals surface area contributed by atoms with E-state index in [1.54, 1.807) is 19.2 Å². The lowest BCUT2D eigenvalue weighted by Crippen LogP contribution is -2.05. The third-order valence-electron chi connectivity index (χ3n) is 2.39. The number of halogens is 1. The van der Waals surface area contributed by atoms with Gasteiger partial charge < -0.3 is 14.6 Å². The van der Waals surface area contributed by atoms with Gasteiger partial charge in [0.15, 0.2) is 0 Å². The minimum atomic E-state index is -0.855. The average Bonchev–Trinajstić information content (AvgIpc) is 2.28. The van der Waals surface area contributed by atoms with E-state index in [0.717, 1.165) is 0 Å². The molecule has 0 radical (unpaired) electrons. The van der Waals surface area contributed by atoms with Crippen molar-refractivity contribution in [2.45, 2.75) is 18.9 Å². The van der Waals surface area contributed by atoms with E-state index in [9.17, 15) is 9.50 Å². The first kappa shape index (κ1) is 12.9. The van der Waals surface area contributed by atoms with Crippen LogP contribution in [0.3, 0.4) is 0 Å². The number of rotatable bonds is 6. The van der Waals surface area contributed by atoms with Gasteiger partial charge in [-0.05, 0) is 25.0 Å². The quantitative estimate of drug-likeness (QED) is 0.759. The van der Waals surface area contributed by atoms with Gasteiger partial charge in [-0.25, -0.2) is 4.39 Å². The summed E-state index contributed by atoms with van der Waals surface area (Å²) in [6.07, 6.45) is 0.270. The van der Waals surface area contributed by atoms with Crippen LogP contribution in [0.15, 0.2) is 18.2 Å². The van der Waals surface area contributed by atoms with Gasteiger partial charge >= 0.3 is 0 Å². The first-order valence-electron chi connectivity index (χ1n) is 5.20. The van der Waals surface area contributed by atoms with E-state index in [0.29, 0.717) is 25.2 Å². The highest BCUT2D eigenvalue weighted by molar-refractivity contribution is 5.36. The van der Waals surface area contributed by atoms with E-state index in [1.165, 1.54) is 13.2 Å². The Kier molecular flexibility index (Phi) is 5.22. The minimum absolute atomic E-state index is 0.223. The number of benzene rings is 1. The second-order valence-corrected chi connectivity index (χ2v) is 3.51. The van der Waals surface area contributed by atoms with Crippen LogP contribution in [0.25, 0.3) is 0 Å². The van der Waals surface area contributed by atoms with Crippen LogP contribution in [0.4, 0.5) is 4.39 Å². The molecule has 1 N–H and O–H groups in total. The van der Waals surface area contributed by atoms with Crippen LogP contribution in [0.1, 0.15) is 24.5 Å². The largest absolute Gasteiger partial charge is 0.496 e. The summed E-state index contributed by atoms with van der Waals surface area (Å²) in [5, 5.41) is 9.86. The molecular weight excluding hydrogens is 211 g/mol. The van der Waals surface area contributed by atoms with Gasteiger partial charge in [-0.2, -0.15) is 0 Å². The maximum Gasteiger partial charge on any atom is 0.132 e. The maximum absolute atomic E-state index is 13.5. The lowest BCUT2D eigenvalue weighted by atomic mass is 10.0. The lowest BCUT2D eigenvalue weighted by molar-refractivity contribution is 0.131. The van der Waals surface area contributed by atoms with E-state index < -0.39 is 11.9 Å². The molecule has 0 fully saturated rings. The molecule has 4 heteroatoms. The van der Waals surface area contributed by atoms with E-state index in [4.69, 9.17) is 9.47 Å². The normalized spacial score (nSPS) is 12.5. The van der Waals surface area contributed by atoms with Gasteiger partial charge in [0.25, 0.3) is 0 Å². The van der Waals surface area contributed by atoms with Crippen molar-refractivity contribution in [2.75, 3.05) is 20.8 Å². The summed E-state index contributed by atoms with van der Waals surface area (Å²) in [5.41, 5.74) is 0.223. The van der Waals surface area contributed by atoms with Crippen LogP contribution < -0.4 is 4.74 Å². The van der Waals surface area contributed by atoms with Gasteiger partial charge in [0.05, 0.1) is 18.8 Å². The Morgan fingerprint density at radius 1 is 1.38 bits per heavy atom. The van der Waals surface area contributed by atoms with Gasteiger partial charge in [0.1, 0.15) is 11.6 Å². The third-order valence-corrected chi connectivity index (χ3v) is 2.39. The molecule has 0 aromatic heterocycles. The topological polar surface area (TPSA) is 38.7 Å². The first-order chi connectivity index (χ1) is 7.70. The van der Waals surface area contributed by atoms with E-state index >= 15 is 0 Å². The standard InChI is InChI=1S/C12H17FO3/c1-15-8-4-6-10(14)12-9(13)5-3-7-11(12)16-2/h3,5,7,10,14H,4,6,8H2,1-2H3. The van der Waals surface area contributed by atoms with E-state index in [-0.39, 0.29) is 5.56 Å². The van der Waals surface area contributed by atoms with Crippen LogP contribution in [-0.4, -0.2) is 25.9 Å². The van der Waals surface area contributed by atoms with Crippen LogP contribution in [0.2, 0.25) is 0 Å². The molecule has 1 unspecified atom stereocenters. The molecule has 0 amide bonds. The number of hydrogen-bond donors (Lipinski definition) is 1. The zero-order valence-corrected chi connectivity index (χ0v) is 9.57. The van der Waals surface area contributed by atoms with Gasteiger partial charge in [0, 0.05) is 13.7 Å².